The van der Waals surface area contributed by atoms with Gasteiger partial charge in [0, 0.05) is 31.0 Å². The third-order valence-electron chi connectivity index (χ3n) is 5.89. The fourth-order valence-electron chi connectivity index (χ4n) is 4.16. The zero-order valence-electron chi connectivity index (χ0n) is 18.9. The molecule has 0 spiro atoms. The largest absolute Gasteiger partial charge is 0.342 e. The standard InChI is InChI=1S/C25H31N5OS/c1-19(2)21-12-6-7-13-22(21)30-24(20-11-10-14-26-17-20)27-28-25(30)32-18-23(31)29-15-8-4-3-5-9-16-29/h6-7,10-14,17,19H,3-5,8-9,15-16,18H2,1-2H3. The smallest absolute Gasteiger partial charge is 0.233 e. The number of aromatic nitrogens is 4. The van der Waals surface area contributed by atoms with Crippen molar-refractivity contribution in [3.63, 3.8) is 0 Å². The Morgan fingerprint density at radius 1 is 1.00 bits per heavy atom. The van der Waals surface area contributed by atoms with Gasteiger partial charge in [-0.05, 0) is 42.5 Å². The van der Waals surface area contributed by atoms with Crippen molar-refractivity contribution in [1.29, 1.82) is 0 Å². The Morgan fingerprint density at radius 3 is 2.47 bits per heavy atom. The Bertz CT molecular complexity index is 1030. The number of benzene rings is 1. The summed E-state index contributed by atoms with van der Waals surface area (Å²) in [7, 11) is 0. The Hall–Kier alpha value is -2.67. The summed E-state index contributed by atoms with van der Waals surface area (Å²) in [5.41, 5.74) is 3.17. The Morgan fingerprint density at radius 2 is 1.75 bits per heavy atom. The van der Waals surface area contributed by atoms with Crippen molar-refractivity contribution in [2.45, 2.75) is 57.0 Å². The lowest BCUT2D eigenvalue weighted by atomic mass is 10.0. The van der Waals surface area contributed by atoms with E-state index in [-0.39, 0.29) is 5.91 Å². The molecule has 6 nitrogen and oxygen atoms in total. The molecule has 32 heavy (non-hydrogen) atoms. The van der Waals surface area contributed by atoms with E-state index in [4.69, 9.17) is 0 Å². The number of thioether (sulfide) groups is 1. The van der Waals surface area contributed by atoms with Crippen molar-refractivity contribution in [3.05, 3.63) is 54.4 Å². The first-order valence-electron chi connectivity index (χ1n) is 11.5. The lowest BCUT2D eigenvalue weighted by Crippen LogP contribution is -2.35. The van der Waals surface area contributed by atoms with Crippen molar-refractivity contribution in [3.8, 4) is 17.1 Å². The van der Waals surface area contributed by atoms with Crippen LogP contribution in [0.1, 0.15) is 57.4 Å². The fraction of sp³-hybridized carbons (Fsp3) is 0.440. The average Bonchev–Trinajstić information content (AvgIpc) is 3.21. The minimum Gasteiger partial charge on any atom is -0.342 e. The molecule has 3 aromatic rings. The zero-order chi connectivity index (χ0) is 22.3. The highest BCUT2D eigenvalue weighted by Crippen LogP contribution is 2.32. The summed E-state index contributed by atoms with van der Waals surface area (Å²) in [5.74, 6) is 1.64. The molecule has 1 amide bonds. The van der Waals surface area contributed by atoms with Crippen LogP contribution in [0, 0.1) is 0 Å². The van der Waals surface area contributed by atoms with Gasteiger partial charge in [0.1, 0.15) is 0 Å². The van der Waals surface area contributed by atoms with Gasteiger partial charge in [-0.2, -0.15) is 0 Å². The molecule has 1 fully saturated rings. The molecule has 0 radical (unpaired) electrons. The van der Waals surface area contributed by atoms with Gasteiger partial charge in [0.15, 0.2) is 11.0 Å². The molecule has 0 saturated carbocycles. The average molecular weight is 450 g/mol. The van der Waals surface area contributed by atoms with Crippen LogP contribution in [-0.2, 0) is 4.79 Å². The van der Waals surface area contributed by atoms with Crippen LogP contribution in [0.5, 0.6) is 0 Å². The second kappa shape index (κ2) is 10.8. The van der Waals surface area contributed by atoms with Crippen molar-refractivity contribution < 1.29 is 4.79 Å². The minimum absolute atomic E-state index is 0.187. The first-order valence-corrected chi connectivity index (χ1v) is 12.5. The SMILES string of the molecule is CC(C)c1ccccc1-n1c(SCC(=O)N2CCCCCCC2)nnc1-c1cccnc1. The molecular formula is C25H31N5OS. The number of hydrogen-bond donors (Lipinski definition) is 0. The lowest BCUT2D eigenvalue weighted by molar-refractivity contribution is -0.128. The van der Waals surface area contributed by atoms with E-state index >= 15 is 0 Å². The number of amides is 1. The maximum Gasteiger partial charge on any atom is 0.233 e. The van der Waals surface area contributed by atoms with Crippen LogP contribution >= 0.6 is 11.8 Å². The van der Waals surface area contributed by atoms with Gasteiger partial charge in [-0.3, -0.25) is 14.3 Å². The number of pyridine rings is 1. The van der Waals surface area contributed by atoms with Gasteiger partial charge in [0.2, 0.25) is 5.91 Å². The molecule has 1 saturated heterocycles. The zero-order valence-corrected chi connectivity index (χ0v) is 19.7. The molecule has 0 aliphatic carbocycles. The van der Waals surface area contributed by atoms with Crippen molar-refractivity contribution in [2.24, 2.45) is 0 Å². The van der Waals surface area contributed by atoms with E-state index in [1.54, 1.807) is 12.4 Å². The number of likely N-dealkylation sites (tertiary alicyclic amines) is 1. The van der Waals surface area contributed by atoms with Gasteiger partial charge in [0.05, 0.1) is 11.4 Å². The summed E-state index contributed by atoms with van der Waals surface area (Å²) < 4.78 is 2.08. The van der Waals surface area contributed by atoms with Crippen LogP contribution < -0.4 is 0 Å². The maximum absolute atomic E-state index is 13.0. The number of carbonyl (C=O) groups excluding carboxylic acids is 1. The molecule has 3 heterocycles. The van der Waals surface area contributed by atoms with Crippen LogP contribution in [0.25, 0.3) is 17.1 Å². The van der Waals surface area contributed by atoms with E-state index in [0.717, 1.165) is 48.2 Å². The predicted molar refractivity (Wildman–Crippen MR) is 129 cm³/mol. The van der Waals surface area contributed by atoms with E-state index in [1.807, 2.05) is 23.1 Å². The molecule has 1 aliphatic heterocycles. The second-order valence-electron chi connectivity index (χ2n) is 8.53. The minimum atomic E-state index is 0.187. The van der Waals surface area contributed by atoms with E-state index in [0.29, 0.717) is 11.7 Å². The van der Waals surface area contributed by atoms with Gasteiger partial charge in [-0.25, -0.2) is 0 Å². The molecule has 7 heteroatoms. The molecule has 1 aromatic carbocycles. The number of nitrogens with zero attached hydrogens (tertiary/aromatic N) is 5. The summed E-state index contributed by atoms with van der Waals surface area (Å²) in [4.78, 5) is 19.3. The van der Waals surface area contributed by atoms with Gasteiger partial charge in [0.25, 0.3) is 0 Å². The predicted octanol–water partition coefficient (Wildman–Crippen LogP) is 5.34. The number of hydrogen-bond acceptors (Lipinski definition) is 5. The van der Waals surface area contributed by atoms with Crippen LogP contribution in [0.15, 0.2) is 53.9 Å². The highest BCUT2D eigenvalue weighted by atomic mass is 32.2. The first kappa shape index (κ1) is 22.5. The Labute approximate surface area is 194 Å². The topological polar surface area (TPSA) is 63.9 Å². The van der Waals surface area contributed by atoms with Gasteiger partial charge >= 0.3 is 0 Å². The normalized spacial score (nSPS) is 14.9. The highest BCUT2D eigenvalue weighted by molar-refractivity contribution is 7.99. The molecule has 1 aliphatic rings. The lowest BCUT2D eigenvalue weighted by Gasteiger charge is -2.24. The third kappa shape index (κ3) is 5.21. The van der Waals surface area contributed by atoms with Gasteiger partial charge < -0.3 is 4.90 Å². The molecule has 2 aromatic heterocycles. The number of carbonyl (C=O) groups is 1. The molecule has 0 unspecified atom stereocenters. The molecule has 0 bridgehead atoms. The summed E-state index contributed by atoms with van der Waals surface area (Å²) in [6.07, 6.45) is 9.46. The van der Waals surface area contributed by atoms with E-state index < -0.39 is 0 Å². The Kier molecular flexibility index (Phi) is 7.58. The monoisotopic (exact) mass is 449 g/mol. The number of rotatable bonds is 6. The van der Waals surface area contributed by atoms with Crippen LogP contribution in [0.4, 0.5) is 0 Å². The summed E-state index contributed by atoms with van der Waals surface area (Å²) in [6, 6.07) is 12.2. The first-order chi connectivity index (χ1) is 15.6. The highest BCUT2D eigenvalue weighted by Gasteiger charge is 2.22. The third-order valence-corrected chi connectivity index (χ3v) is 6.80. The molecule has 0 N–H and O–H groups in total. The summed E-state index contributed by atoms with van der Waals surface area (Å²) in [6.45, 7) is 6.10. The van der Waals surface area contributed by atoms with Crippen molar-refractivity contribution in [1.82, 2.24) is 24.6 Å². The van der Waals surface area contributed by atoms with Crippen LogP contribution in [0.2, 0.25) is 0 Å². The molecule has 0 atom stereocenters. The summed E-state index contributed by atoms with van der Waals surface area (Å²) in [5, 5.41) is 9.74. The maximum atomic E-state index is 13.0. The van der Waals surface area contributed by atoms with Crippen LogP contribution in [0.3, 0.4) is 0 Å². The summed E-state index contributed by atoms with van der Waals surface area (Å²) >= 11 is 1.47. The molecular weight excluding hydrogens is 418 g/mol. The van der Waals surface area contributed by atoms with Gasteiger partial charge in [-0.1, -0.05) is 63.1 Å². The van der Waals surface area contributed by atoms with Crippen molar-refractivity contribution in [2.75, 3.05) is 18.8 Å². The van der Waals surface area contributed by atoms with Gasteiger partial charge in [-0.15, -0.1) is 10.2 Å². The second-order valence-corrected chi connectivity index (χ2v) is 9.48. The van der Waals surface area contributed by atoms with Crippen molar-refractivity contribution >= 4 is 17.7 Å². The molecule has 4 rings (SSSR count). The van der Waals surface area contributed by atoms with Crippen LogP contribution in [-0.4, -0.2) is 49.4 Å². The Balaban J connectivity index is 1.64. The fourth-order valence-corrected chi connectivity index (χ4v) is 5.00. The van der Waals surface area contributed by atoms with E-state index in [1.165, 1.54) is 36.6 Å². The van der Waals surface area contributed by atoms with E-state index in [9.17, 15) is 4.79 Å². The van der Waals surface area contributed by atoms with E-state index in [2.05, 4.69) is 51.8 Å². The number of para-hydroxylation sites is 1. The molecule has 168 valence electrons. The quantitative estimate of drug-likeness (QED) is 0.476.